The van der Waals surface area contributed by atoms with Crippen LogP contribution in [-0.4, -0.2) is 40.3 Å². The van der Waals surface area contributed by atoms with E-state index in [1.807, 2.05) is 6.92 Å². The highest BCUT2D eigenvalue weighted by molar-refractivity contribution is 5.86. The smallest absolute Gasteiger partial charge is 0.322 e. The number of aromatic nitrogens is 2. The van der Waals surface area contributed by atoms with Crippen LogP contribution in [0.3, 0.4) is 0 Å². The summed E-state index contributed by atoms with van der Waals surface area (Å²) in [6.45, 7) is 2.88. The second-order valence-electron chi connectivity index (χ2n) is 8.11. The van der Waals surface area contributed by atoms with E-state index in [1.165, 1.54) is 24.3 Å². The maximum Gasteiger partial charge on any atom is 0.322 e. The minimum absolute atomic E-state index is 0.0557. The maximum atomic E-state index is 13.7. The Morgan fingerprint density at radius 2 is 1.97 bits per heavy atom. The van der Waals surface area contributed by atoms with Crippen LogP contribution in [0.4, 0.5) is 13.6 Å². The first kappa shape index (κ1) is 21.3. The summed E-state index contributed by atoms with van der Waals surface area (Å²) in [5, 5.41) is 7.00. The van der Waals surface area contributed by atoms with Gasteiger partial charge in [-0.05, 0) is 49.6 Å². The Kier molecular flexibility index (Phi) is 5.63. The fourth-order valence-electron chi connectivity index (χ4n) is 4.25. The summed E-state index contributed by atoms with van der Waals surface area (Å²) in [4.78, 5) is 19.1. The molecule has 1 N–H and O–H groups in total. The zero-order valence-corrected chi connectivity index (χ0v) is 17.9. The molecule has 0 saturated carbocycles. The van der Waals surface area contributed by atoms with Gasteiger partial charge in [-0.25, -0.2) is 13.6 Å². The second-order valence-corrected chi connectivity index (χ2v) is 8.11. The molecule has 0 aliphatic carbocycles. The van der Waals surface area contributed by atoms with E-state index in [2.05, 4.69) is 15.5 Å². The predicted molar refractivity (Wildman–Crippen MR) is 116 cm³/mol. The van der Waals surface area contributed by atoms with Crippen molar-refractivity contribution in [3.05, 3.63) is 77.3 Å². The Hall–Kier alpha value is -3.59. The lowest BCUT2D eigenvalue weighted by molar-refractivity contribution is 0.0877. The lowest BCUT2D eigenvalue weighted by Gasteiger charge is -2.36. The molecule has 3 aromatic rings. The van der Waals surface area contributed by atoms with E-state index < -0.39 is 11.9 Å². The molecule has 0 radical (unpaired) electrons. The summed E-state index contributed by atoms with van der Waals surface area (Å²) in [6, 6.07) is 10.9. The van der Waals surface area contributed by atoms with E-state index in [-0.39, 0.29) is 29.7 Å². The van der Waals surface area contributed by atoms with Crippen molar-refractivity contribution in [1.82, 2.24) is 20.4 Å². The third-order valence-corrected chi connectivity index (χ3v) is 5.95. The van der Waals surface area contributed by atoms with Crippen LogP contribution in [0.25, 0.3) is 17.0 Å². The molecular weight excluding hydrogens is 430 g/mol. The highest BCUT2D eigenvalue weighted by Crippen LogP contribution is 2.37. The van der Waals surface area contributed by atoms with E-state index in [4.69, 9.17) is 9.26 Å². The predicted octanol–water partition coefficient (Wildman–Crippen LogP) is 4.69. The number of urea groups is 1. The van der Waals surface area contributed by atoms with Crippen LogP contribution in [0.15, 0.2) is 58.8 Å². The number of carbonyl (C=O) groups excluding carboxylic acids is 1. The number of allylic oxidation sites excluding steroid dienone is 1. The molecule has 2 unspecified atom stereocenters. The third kappa shape index (κ3) is 4.23. The van der Waals surface area contributed by atoms with Gasteiger partial charge in [-0.1, -0.05) is 29.4 Å². The molecule has 1 saturated heterocycles. The molecule has 0 spiro atoms. The average Bonchev–Trinajstić information content (AvgIpc) is 3.49. The van der Waals surface area contributed by atoms with Crippen LogP contribution in [0.1, 0.15) is 37.3 Å². The maximum absolute atomic E-state index is 13.7. The number of rotatable bonds is 5. The minimum Gasteiger partial charge on any atom is -0.376 e. The highest BCUT2D eigenvalue weighted by Gasteiger charge is 2.37. The molecule has 9 heteroatoms. The zero-order valence-electron chi connectivity index (χ0n) is 17.9. The van der Waals surface area contributed by atoms with E-state index in [0.717, 1.165) is 12.8 Å². The quantitative estimate of drug-likeness (QED) is 0.608. The van der Waals surface area contributed by atoms with Crippen LogP contribution < -0.4 is 5.32 Å². The third-order valence-electron chi connectivity index (χ3n) is 5.95. The number of amides is 2. The van der Waals surface area contributed by atoms with Gasteiger partial charge in [0.1, 0.15) is 11.6 Å². The number of hydrogen-bond acceptors (Lipinski definition) is 5. The fraction of sp³-hybridized carbons (Fsp3) is 0.292. The van der Waals surface area contributed by atoms with Crippen molar-refractivity contribution in [3.63, 3.8) is 0 Å². The summed E-state index contributed by atoms with van der Waals surface area (Å²) < 4.78 is 38.5. The van der Waals surface area contributed by atoms with Gasteiger partial charge in [0, 0.05) is 17.9 Å². The van der Waals surface area contributed by atoms with Crippen LogP contribution >= 0.6 is 0 Å². The van der Waals surface area contributed by atoms with Gasteiger partial charge in [0.25, 0.3) is 5.89 Å². The Balaban J connectivity index is 1.57. The standard InChI is InChI=1S/C24H22F2N4O3/c1-14-20(23-28-22(29-33-23)16-4-2-5-18(26)12-16)21(15-7-9-17(25)10-8-15)27-24(31)30(14)13-19-6-3-11-32-19/h2,4-5,7-10,12,19,21H,3,6,11,13H2,1H3,(H,27,31). The summed E-state index contributed by atoms with van der Waals surface area (Å²) in [6.07, 6.45) is 1.77. The molecule has 2 aliphatic rings. The van der Waals surface area contributed by atoms with E-state index in [9.17, 15) is 13.6 Å². The topological polar surface area (TPSA) is 80.5 Å². The molecule has 2 atom stereocenters. The molecule has 170 valence electrons. The molecule has 2 aliphatic heterocycles. The normalized spacial score (nSPS) is 20.9. The largest absolute Gasteiger partial charge is 0.376 e. The zero-order chi connectivity index (χ0) is 22.9. The Morgan fingerprint density at radius 3 is 2.70 bits per heavy atom. The second kappa shape index (κ2) is 8.74. The van der Waals surface area contributed by atoms with Gasteiger partial charge in [-0.15, -0.1) is 0 Å². The Morgan fingerprint density at radius 1 is 1.15 bits per heavy atom. The lowest BCUT2D eigenvalue weighted by atomic mass is 9.94. The lowest BCUT2D eigenvalue weighted by Crippen LogP contribution is -2.48. The highest BCUT2D eigenvalue weighted by atomic mass is 19.1. The van der Waals surface area contributed by atoms with Crippen LogP contribution in [-0.2, 0) is 4.74 Å². The van der Waals surface area contributed by atoms with Crippen molar-refractivity contribution >= 4 is 11.6 Å². The van der Waals surface area contributed by atoms with Gasteiger partial charge >= 0.3 is 6.03 Å². The van der Waals surface area contributed by atoms with Gasteiger partial charge in [-0.3, -0.25) is 4.90 Å². The minimum atomic E-state index is -0.625. The van der Waals surface area contributed by atoms with Crippen molar-refractivity contribution in [2.75, 3.05) is 13.2 Å². The van der Waals surface area contributed by atoms with E-state index in [0.29, 0.717) is 35.5 Å². The first-order chi connectivity index (χ1) is 16.0. The molecule has 3 heterocycles. The Labute approximate surface area is 189 Å². The average molecular weight is 452 g/mol. The monoisotopic (exact) mass is 452 g/mol. The van der Waals surface area contributed by atoms with Gasteiger partial charge < -0.3 is 14.6 Å². The molecule has 5 rings (SSSR count). The van der Waals surface area contributed by atoms with Crippen LogP contribution in [0, 0.1) is 11.6 Å². The van der Waals surface area contributed by atoms with Crippen molar-refractivity contribution in [2.45, 2.75) is 31.9 Å². The van der Waals surface area contributed by atoms with Crippen molar-refractivity contribution < 1.29 is 22.8 Å². The summed E-state index contributed by atoms with van der Waals surface area (Å²) in [5.74, 6) is -0.371. The van der Waals surface area contributed by atoms with Crippen LogP contribution in [0.2, 0.25) is 0 Å². The van der Waals surface area contributed by atoms with Crippen LogP contribution in [0.5, 0.6) is 0 Å². The first-order valence-corrected chi connectivity index (χ1v) is 10.8. The summed E-state index contributed by atoms with van der Waals surface area (Å²) in [5.41, 5.74) is 2.37. The molecule has 2 amide bonds. The number of hydrogen-bond donors (Lipinski definition) is 1. The molecule has 1 fully saturated rings. The Bertz CT molecular complexity index is 1200. The number of nitrogens with one attached hydrogen (secondary N) is 1. The van der Waals surface area contributed by atoms with Gasteiger partial charge in [0.2, 0.25) is 5.82 Å². The number of halogens is 2. The first-order valence-electron chi connectivity index (χ1n) is 10.8. The van der Waals surface area contributed by atoms with Crippen molar-refractivity contribution in [1.29, 1.82) is 0 Å². The van der Waals surface area contributed by atoms with E-state index >= 15 is 0 Å². The van der Waals surface area contributed by atoms with Crippen molar-refractivity contribution in [3.8, 4) is 11.4 Å². The number of ether oxygens (including phenoxy) is 1. The summed E-state index contributed by atoms with van der Waals surface area (Å²) >= 11 is 0. The van der Waals surface area contributed by atoms with Gasteiger partial charge in [0.05, 0.1) is 24.3 Å². The molecule has 2 aromatic carbocycles. The van der Waals surface area contributed by atoms with Gasteiger partial charge in [-0.2, -0.15) is 4.98 Å². The number of carbonyl (C=O) groups is 1. The number of nitrogens with zero attached hydrogens (tertiary/aromatic N) is 3. The van der Waals surface area contributed by atoms with E-state index in [1.54, 1.807) is 29.2 Å². The fourth-order valence-corrected chi connectivity index (χ4v) is 4.25. The molecule has 33 heavy (non-hydrogen) atoms. The molecule has 7 nitrogen and oxygen atoms in total. The molecule has 1 aromatic heterocycles. The molecule has 0 bridgehead atoms. The number of benzene rings is 2. The van der Waals surface area contributed by atoms with Gasteiger partial charge in [0.15, 0.2) is 0 Å². The summed E-state index contributed by atoms with van der Waals surface area (Å²) in [7, 11) is 0. The molecular formula is C24H22F2N4O3. The SMILES string of the molecule is CC1=C(c2nc(-c3cccc(F)c3)no2)C(c2ccc(F)cc2)NC(=O)N1CC1CCCO1. The van der Waals surface area contributed by atoms with Crippen molar-refractivity contribution in [2.24, 2.45) is 0 Å².